The van der Waals surface area contributed by atoms with Gasteiger partial charge in [0.2, 0.25) is 10.0 Å². The van der Waals surface area contributed by atoms with Crippen molar-refractivity contribution in [3.8, 4) is 5.75 Å². The first kappa shape index (κ1) is 17.5. The molecule has 0 spiro atoms. The highest BCUT2D eigenvalue weighted by Gasteiger charge is 2.30. The van der Waals surface area contributed by atoms with E-state index in [1.807, 2.05) is 7.05 Å². The van der Waals surface area contributed by atoms with Gasteiger partial charge in [0.25, 0.3) is 0 Å². The third-order valence-corrected chi connectivity index (χ3v) is 6.26. The van der Waals surface area contributed by atoms with E-state index in [-0.39, 0.29) is 12.4 Å². The molecular weight excluding hydrogens is 324 g/mol. The smallest absolute Gasteiger partial charge is 0.243 e. The van der Waals surface area contributed by atoms with E-state index in [2.05, 4.69) is 5.32 Å². The molecule has 7 heteroatoms. The van der Waals surface area contributed by atoms with E-state index in [4.69, 9.17) is 4.74 Å². The number of piperidine rings is 1. The van der Waals surface area contributed by atoms with Crippen molar-refractivity contribution in [3.63, 3.8) is 0 Å². The van der Waals surface area contributed by atoms with Crippen LogP contribution in [0.3, 0.4) is 0 Å². The van der Waals surface area contributed by atoms with Gasteiger partial charge in [-0.05, 0) is 56.1 Å². The second-order valence-electron chi connectivity index (χ2n) is 5.77. The molecule has 1 saturated heterocycles. The Kier molecular flexibility index (Phi) is 5.71. The van der Waals surface area contributed by atoms with Crippen molar-refractivity contribution >= 4 is 22.4 Å². The zero-order chi connectivity index (χ0) is 14.9. The topological polar surface area (TPSA) is 58.6 Å². The molecular formula is C15H23ClN2O3S. The lowest BCUT2D eigenvalue weighted by Gasteiger charge is -2.31. The van der Waals surface area contributed by atoms with Crippen LogP contribution in [0.2, 0.25) is 0 Å². The van der Waals surface area contributed by atoms with E-state index < -0.39 is 10.0 Å². The fourth-order valence-electron chi connectivity index (χ4n) is 3.11. The van der Waals surface area contributed by atoms with Gasteiger partial charge in [0.05, 0.1) is 11.5 Å². The number of sulfonamides is 1. The van der Waals surface area contributed by atoms with Crippen LogP contribution in [0.25, 0.3) is 0 Å². The van der Waals surface area contributed by atoms with Crippen LogP contribution in [0.4, 0.5) is 0 Å². The van der Waals surface area contributed by atoms with Gasteiger partial charge in [-0.3, -0.25) is 0 Å². The van der Waals surface area contributed by atoms with Gasteiger partial charge in [0, 0.05) is 19.5 Å². The van der Waals surface area contributed by atoms with E-state index in [1.165, 1.54) is 0 Å². The Bertz CT molecular complexity index is 613. The average Bonchev–Trinajstić information content (AvgIpc) is 2.95. The second kappa shape index (κ2) is 7.17. The van der Waals surface area contributed by atoms with Crippen molar-refractivity contribution < 1.29 is 13.2 Å². The highest BCUT2D eigenvalue weighted by molar-refractivity contribution is 7.89. The summed E-state index contributed by atoms with van der Waals surface area (Å²) in [5, 5.41) is 3.17. The first-order chi connectivity index (χ1) is 10.1. The van der Waals surface area contributed by atoms with E-state index in [9.17, 15) is 8.42 Å². The fourth-order valence-corrected chi connectivity index (χ4v) is 4.64. The molecule has 3 rings (SSSR count). The summed E-state index contributed by atoms with van der Waals surface area (Å²) in [5.41, 5.74) is 1.00. The molecule has 0 saturated carbocycles. The second-order valence-corrected chi connectivity index (χ2v) is 7.71. The molecule has 1 aromatic rings. The van der Waals surface area contributed by atoms with Crippen molar-refractivity contribution in [3.05, 3.63) is 23.8 Å². The van der Waals surface area contributed by atoms with E-state index in [0.29, 0.717) is 30.5 Å². The molecule has 124 valence electrons. The minimum atomic E-state index is -3.36. The number of halogens is 1. The van der Waals surface area contributed by atoms with Crippen LogP contribution in [-0.2, 0) is 16.4 Å². The molecule has 0 aliphatic carbocycles. The summed E-state index contributed by atoms with van der Waals surface area (Å²) in [5.74, 6) is 1.40. The van der Waals surface area contributed by atoms with Crippen molar-refractivity contribution in [2.75, 3.05) is 33.3 Å². The maximum absolute atomic E-state index is 12.7. The van der Waals surface area contributed by atoms with Crippen LogP contribution in [0, 0.1) is 5.92 Å². The monoisotopic (exact) mass is 346 g/mol. The Balaban J connectivity index is 0.00000176. The fraction of sp³-hybridized carbons (Fsp3) is 0.600. The molecule has 1 aromatic carbocycles. The standard InChI is InChI=1S/C15H22N2O3S.ClH/c1-16-11-12-4-7-17(8-5-12)21(18,19)14-2-3-15-13(10-14)6-9-20-15;/h2-3,10,12,16H,4-9,11H2,1H3;1H. The molecule has 2 aliphatic rings. The van der Waals surface area contributed by atoms with Gasteiger partial charge in [0.15, 0.2) is 0 Å². The third-order valence-electron chi connectivity index (χ3n) is 4.36. The lowest BCUT2D eigenvalue weighted by atomic mass is 9.98. The summed E-state index contributed by atoms with van der Waals surface area (Å²) in [6, 6.07) is 5.22. The van der Waals surface area contributed by atoms with E-state index in [1.54, 1.807) is 22.5 Å². The molecule has 1 fully saturated rings. The van der Waals surface area contributed by atoms with Crippen LogP contribution >= 0.6 is 12.4 Å². The predicted octanol–water partition coefficient (Wildman–Crippen LogP) is 1.66. The lowest BCUT2D eigenvalue weighted by molar-refractivity contribution is 0.270. The number of rotatable bonds is 4. The normalized spacial score (nSPS) is 19.3. The molecule has 5 nitrogen and oxygen atoms in total. The summed E-state index contributed by atoms with van der Waals surface area (Å²) < 4.78 is 32.5. The summed E-state index contributed by atoms with van der Waals surface area (Å²) in [6.07, 6.45) is 2.64. The molecule has 0 amide bonds. The van der Waals surface area contributed by atoms with Gasteiger partial charge in [-0.25, -0.2) is 8.42 Å². The predicted molar refractivity (Wildman–Crippen MR) is 88.3 cm³/mol. The highest BCUT2D eigenvalue weighted by Crippen LogP contribution is 2.30. The molecule has 1 N–H and O–H groups in total. The largest absolute Gasteiger partial charge is 0.493 e. The van der Waals surface area contributed by atoms with E-state index >= 15 is 0 Å². The minimum absolute atomic E-state index is 0. The number of nitrogens with one attached hydrogen (secondary N) is 1. The molecule has 0 unspecified atom stereocenters. The number of hydrogen-bond donors (Lipinski definition) is 1. The Labute approximate surface area is 138 Å². The zero-order valence-corrected chi connectivity index (χ0v) is 14.4. The quantitative estimate of drug-likeness (QED) is 0.901. The third kappa shape index (κ3) is 3.40. The average molecular weight is 347 g/mol. The summed E-state index contributed by atoms with van der Waals surface area (Å²) in [4.78, 5) is 0.402. The van der Waals surface area contributed by atoms with Crippen molar-refractivity contribution in [1.29, 1.82) is 0 Å². The number of ether oxygens (including phenoxy) is 1. The first-order valence-electron chi connectivity index (χ1n) is 7.52. The van der Waals surface area contributed by atoms with Gasteiger partial charge >= 0.3 is 0 Å². The summed E-state index contributed by atoms with van der Waals surface area (Å²) in [6.45, 7) is 2.84. The molecule has 2 heterocycles. The Hall–Kier alpha value is -0.820. The van der Waals surface area contributed by atoms with Gasteiger partial charge in [-0.1, -0.05) is 0 Å². The molecule has 0 bridgehead atoms. The number of fused-ring (bicyclic) bond motifs is 1. The van der Waals surface area contributed by atoms with Crippen LogP contribution in [0.15, 0.2) is 23.1 Å². The lowest BCUT2D eigenvalue weighted by Crippen LogP contribution is -2.40. The molecule has 0 radical (unpaired) electrons. The van der Waals surface area contributed by atoms with Crippen molar-refractivity contribution in [1.82, 2.24) is 9.62 Å². The van der Waals surface area contributed by atoms with Gasteiger partial charge in [-0.15, -0.1) is 12.4 Å². The van der Waals surface area contributed by atoms with Crippen LogP contribution in [-0.4, -0.2) is 46.0 Å². The molecule has 22 heavy (non-hydrogen) atoms. The minimum Gasteiger partial charge on any atom is -0.493 e. The maximum Gasteiger partial charge on any atom is 0.243 e. The Morgan fingerprint density at radius 2 is 2.05 bits per heavy atom. The maximum atomic E-state index is 12.7. The van der Waals surface area contributed by atoms with Crippen LogP contribution < -0.4 is 10.1 Å². The SMILES string of the molecule is CNCC1CCN(S(=O)(=O)c2ccc3c(c2)CCO3)CC1.Cl. The first-order valence-corrected chi connectivity index (χ1v) is 8.96. The number of benzene rings is 1. The number of hydrogen-bond acceptors (Lipinski definition) is 4. The van der Waals surface area contributed by atoms with Crippen LogP contribution in [0.5, 0.6) is 5.75 Å². The highest BCUT2D eigenvalue weighted by atomic mass is 35.5. The zero-order valence-electron chi connectivity index (χ0n) is 12.7. The van der Waals surface area contributed by atoms with E-state index in [0.717, 1.165) is 37.1 Å². The summed E-state index contributed by atoms with van der Waals surface area (Å²) >= 11 is 0. The Morgan fingerprint density at radius 3 is 2.73 bits per heavy atom. The molecule has 2 aliphatic heterocycles. The number of nitrogens with zero attached hydrogens (tertiary/aromatic N) is 1. The van der Waals surface area contributed by atoms with Crippen LogP contribution in [0.1, 0.15) is 18.4 Å². The Morgan fingerprint density at radius 1 is 1.32 bits per heavy atom. The van der Waals surface area contributed by atoms with Gasteiger partial charge < -0.3 is 10.1 Å². The van der Waals surface area contributed by atoms with Crippen molar-refractivity contribution in [2.45, 2.75) is 24.2 Å². The molecule has 0 atom stereocenters. The van der Waals surface area contributed by atoms with Gasteiger partial charge in [0.1, 0.15) is 5.75 Å². The van der Waals surface area contributed by atoms with Gasteiger partial charge in [-0.2, -0.15) is 4.31 Å². The summed E-state index contributed by atoms with van der Waals surface area (Å²) in [7, 11) is -1.42. The van der Waals surface area contributed by atoms with Crippen molar-refractivity contribution in [2.24, 2.45) is 5.92 Å². The molecule has 0 aromatic heterocycles.